The van der Waals surface area contributed by atoms with E-state index in [0.29, 0.717) is 12.5 Å². The highest BCUT2D eigenvalue weighted by Crippen LogP contribution is 2.25. The summed E-state index contributed by atoms with van der Waals surface area (Å²) in [6.07, 6.45) is 1.15. The van der Waals surface area contributed by atoms with Crippen LogP contribution in [-0.2, 0) is 6.54 Å². The van der Waals surface area contributed by atoms with Crippen LogP contribution in [0, 0.1) is 27.8 Å². The number of rotatable bonds is 3. The standard InChI is InChI=1S/C14H19FN2O2/c1-10-5-6-16(8-11(10)2)9-12-3-4-14(17(18)19)13(15)7-12/h3-4,7,10-11H,5-6,8-9H2,1-2H3. The van der Waals surface area contributed by atoms with E-state index in [9.17, 15) is 14.5 Å². The van der Waals surface area contributed by atoms with E-state index in [1.54, 1.807) is 6.07 Å². The summed E-state index contributed by atoms with van der Waals surface area (Å²) in [4.78, 5) is 12.1. The summed E-state index contributed by atoms with van der Waals surface area (Å²) < 4.78 is 13.5. The molecule has 1 aliphatic rings. The molecule has 1 aromatic rings. The highest BCUT2D eigenvalue weighted by atomic mass is 19.1. The quantitative estimate of drug-likeness (QED) is 0.623. The summed E-state index contributed by atoms with van der Waals surface area (Å²) in [5.74, 6) is 0.613. The fraction of sp³-hybridized carbons (Fsp3) is 0.571. The van der Waals surface area contributed by atoms with Gasteiger partial charge in [-0.1, -0.05) is 19.9 Å². The van der Waals surface area contributed by atoms with E-state index in [0.717, 1.165) is 31.0 Å². The smallest absolute Gasteiger partial charge is 0.299 e. The van der Waals surface area contributed by atoms with E-state index in [2.05, 4.69) is 18.7 Å². The molecule has 2 rings (SSSR count). The molecule has 1 fully saturated rings. The molecule has 2 unspecified atom stereocenters. The van der Waals surface area contributed by atoms with Crippen molar-refractivity contribution in [1.82, 2.24) is 4.90 Å². The van der Waals surface area contributed by atoms with Crippen molar-refractivity contribution in [2.24, 2.45) is 11.8 Å². The van der Waals surface area contributed by atoms with Crippen molar-refractivity contribution < 1.29 is 9.31 Å². The van der Waals surface area contributed by atoms with Crippen LogP contribution in [0.3, 0.4) is 0 Å². The van der Waals surface area contributed by atoms with Gasteiger partial charge in [0.2, 0.25) is 5.82 Å². The Balaban J connectivity index is 2.04. The Kier molecular flexibility index (Phi) is 4.14. The van der Waals surface area contributed by atoms with E-state index in [4.69, 9.17) is 0 Å². The fourth-order valence-corrected chi connectivity index (χ4v) is 2.55. The average molecular weight is 266 g/mol. The first kappa shape index (κ1) is 13.9. The molecule has 0 bridgehead atoms. The van der Waals surface area contributed by atoms with Gasteiger partial charge in [0.1, 0.15) is 0 Å². The number of hydrogen-bond donors (Lipinski definition) is 0. The number of halogens is 1. The lowest BCUT2D eigenvalue weighted by atomic mass is 9.88. The Hall–Kier alpha value is -1.49. The van der Waals surface area contributed by atoms with Gasteiger partial charge in [0, 0.05) is 19.2 Å². The van der Waals surface area contributed by atoms with E-state index < -0.39 is 16.4 Å². The second-order valence-electron chi connectivity index (χ2n) is 5.52. The van der Waals surface area contributed by atoms with Gasteiger partial charge in [0.05, 0.1) is 4.92 Å². The summed E-state index contributed by atoms with van der Waals surface area (Å²) >= 11 is 0. The van der Waals surface area contributed by atoms with Crippen LogP contribution in [0.15, 0.2) is 18.2 Å². The number of benzene rings is 1. The van der Waals surface area contributed by atoms with Crippen molar-refractivity contribution in [1.29, 1.82) is 0 Å². The molecule has 104 valence electrons. The summed E-state index contributed by atoms with van der Waals surface area (Å²) in [7, 11) is 0. The van der Waals surface area contributed by atoms with Gasteiger partial charge in [-0.05, 0) is 36.4 Å². The molecule has 2 atom stereocenters. The fourth-order valence-electron chi connectivity index (χ4n) is 2.55. The lowest BCUT2D eigenvalue weighted by Crippen LogP contribution is -2.37. The van der Waals surface area contributed by atoms with Crippen LogP contribution in [0.1, 0.15) is 25.8 Å². The van der Waals surface area contributed by atoms with Crippen LogP contribution in [0.2, 0.25) is 0 Å². The maximum atomic E-state index is 13.5. The van der Waals surface area contributed by atoms with Gasteiger partial charge < -0.3 is 0 Å². The van der Waals surface area contributed by atoms with Crippen LogP contribution < -0.4 is 0 Å². The summed E-state index contributed by atoms with van der Waals surface area (Å²) in [6.45, 7) is 7.15. The molecule has 1 aliphatic heterocycles. The van der Waals surface area contributed by atoms with E-state index in [1.807, 2.05) is 0 Å². The zero-order valence-electron chi connectivity index (χ0n) is 11.3. The third kappa shape index (κ3) is 3.29. The van der Waals surface area contributed by atoms with Gasteiger partial charge in [-0.25, -0.2) is 0 Å². The molecule has 19 heavy (non-hydrogen) atoms. The molecule has 1 heterocycles. The molecule has 1 saturated heterocycles. The van der Waals surface area contributed by atoms with Crippen LogP contribution >= 0.6 is 0 Å². The topological polar surface area (TPSA) is 46.4 Å². The molecule has 0 aromatic heterocycles. The van der Waals surface area contributed by atoms with Crippen molar-refractivity contribution in [2.45, 2.75) is 26.8 Å². The molecule has 4 nitrogen and oxygen atoms in total. The average Bonchev–Trinajstić information content (AvgIpc) is 2.33. The maximum absolute atomic E-state index is 13.5. The second kappa shape index (κ2) is 5.65. The van der Waals surface area contributed by atoms with Crippen molar-refractivity contribution >= 4 is 5.69 Å². The second-order valence-corrected chi connectivity index (χ2v) is 5.52. The van der Waals surface area contributed by atoms with Crippen LogP contribution in [0.4, 0.5) is 10.1 Å². The largest absolute Gasteiger partial charge is 0.304 e. The monoisotopic (exact) mass is 266 g/mol. The summed E-state index contributed by atoms with van der Waals surface area (Å²) in [5, 5.41) is 10.6. The van der Waals surface area contributed by atoms with Crippen LogP contribution in [0.5, 0.6) is 0 Å². The molecule has 0 spiro atoms. The zero-order chi connectivity index (χ0) is 14.0. The van der Waals surface area contributed by atoms with Gasteiger partial charge in [-0.3, -0.25) is 15.0 Å². The van der Waals surface area contributed by atoms with E-state index in [-0.39, 0.29) is 0 Å². The number of nitro benzene ring substituents is 1. The SMILES string of the molecule is CC1CCN(Cc2ccc([N+](=O)[O-])c(F)c2)CC1C. The first-order valence-corrected chi connectivity index (χ1v) is 6.62. The van der Waals surface area contributed by atoms with Gasteiger partial charge in [-0.2, -0.15) is 4.39 Å². The van der Waals surface area contributed by atoms with Crippen molar-refractivity contribution in [3.05, 3.63) is 39.7 Å². The maximum Gasteiger partial charge on any atom is 0.304 e. The summed E-state index contributed by atoms with van der Waals surface area (Å²) in [6, 6.07) is 4.17. The Morgan fingerprint density at radius 1 is 1.42 bits per heavy atom. The molecule has 0 amide bonds. The minimum atomic E-state index is -0.749. The van der Waals surface area contributed by atoms with Crippen molar-refractivity contribution in [3.8, 4) is 0 Å². The Morgan fingerprint density at radius 3 is 2.74 bits per heavy atom. The number of nitrogens with zero attached hydrogens (tertiary/aromatic N) is 2. The third-order valence-electron chi connectivity index (χ3n) is 4.03. The molecular weight excluding hydrogens is 247 g/mol. The molecule has 5 heteroatoms. The minimum Gasteiger partial charge on any atom is -0.299 e. The first-order chi connectivity index (χ1) is 8.97. The Morgan fingerprint density at radius 2 is 2.16 bits per heavy atom. The van der Waals surface area contributed by atoms with Gasteiger partial charge >= 0.3 is 5.69 Å². The van der Waals surface area contributed by atoms with E-state index in [1.165, 1.54) is 12.1 Å². The molecular formula is C14H19FN2O2. The normalized spacial score (nSPS) is 24.4. The lowest BCUT2D eigenvalue weighted by molar-refractivity contribution is -0.387. The lowest BCUT2D eigenvalue weighted by Gasteiger charge is -2.35. The van der Waals surface area contributed by atoms with Gasteiger partial charge in [0.15, 0.2) is 0 Å². The zero-order valence-corrected chi connectivity index (χ0v) is 11.3. The Bertz CT molecular complexity index is 479. The van der Waals surface area contributed by atoms with Crippen molar-refractivity contribution in [2.75, 3.05) is 13.1 Å². The molecule has 0 saturated carbocycles. The predicted molar refractivity (Wildman–Crippen MR) is 71.3 cm³/mol. The number of nitro groups is 1. The summed E-state index contributed by atoms with van der Waals surface area (Å²) in [5.41, 5.74) is 0.342. The molecule has 0 aliphatic carbocycles. The van der Waals surface area contributed by atoms with Gasteiger partial charge in [0.25, 0.3) is 0 Å². The Labute approximate surface area is 112 Å². The predicted octanol–water partition coefficient (Wildman–Crippen LogP) is 3.21. The van der Waals surface area contributed by atoms with Crippen molar-refractivity contribution in [3.63, 3.8) is 0 Å². The highest BCUT2D eigenvalue weighted by molar-refractivity contribution is 5.34. The highest BCUT2D eigenvalue weighted by Gasteiger charge is 2.23. The number of likely N-dealkylation sites (tertiary alicyclic amines) is 1. The van der Waals surface area contributed by atoms with Gasteiger partial charge in [-0.15, -0.1) is 0 Å². The van der Waals surface area contributed by atoms with E-state index >= 15 is 0 Å². The minimum absolute atomic E-state index is 0.454. The third-order valence-corrected chi connectivity index (χ3v) is 4.03. The van der Waals surface area contributed by atoms with Crippen LogP contribution in [0.25, 0.3) is 0 Å². The first-order valence-electron chi connectivity index (χ1n) is 6.62. The number of piperidine rings is 1. The molecule has 0 radical (unpaired) electrons. The molecule has 1 aromatic carbocycles. The number of hydrogen-bond acceptors (Lipinski definition) is 3. The van der Waals surface area contributed by atoms with Crippen LogP contribution in [-0.4, -0.2) is 22.9 Å². The molecule has 0 N–H and O–H groups in total.